The van der Waals surface area contributed by atoms with Crippen LogP contribution in [0.15, 0.2) is 30.5 Å². The third-order valence-corrected chi connectivity index (χ3v) is 5.73. The lowest BCUT2D eigenvalue weighted by molar-refractivity contribution is -0.0497. The van der Waals surface area contributed by atoms with E-state index in [4.69, 9.17) is 0 Å². The molecule has 1 aromatic carbocycles. The van der Waals surface area contributed by atoms with E-state index in [9.17, 15) is 18.7 Å². The molecule has 0 spiro atoms. The van der Waals surface area contributed by atoms with Gasteiger partial charge in [-0.05, 0) is 62.6 Å². The van der Waals surface area contributed by atoms with Gasteiger partial charge in [0, 0.05) is 23.7 Å². The van der Waals surface area contributed by atoms with Crippen molar-refractivity contribution in [1.82, 2.24) is 10.3 Å². The van der Waals surface area contributed by atoms with Crippen LogP contribution in [0.5, 0.6) is 5.75 Å². The third-order valence-electron chi connectivity index (χ3n) is 5.73. The molecule has 2 aliphatic rings. The van der Waals surface area contributed by atoms with E-state index >= 15 is 0 Å². The van der Waals surface area contributed by atoms with Crippen LogP contribution in [0.1, 0.15) is 48.9 Å². The van der Waals surface area contributed by atoms with Crippen molar-refractivity contribution in [3.63, 3.8) is 0 Å². The summed E-state index contributed by atoms with van der Waals surface area (Å²) in [5.41, 5.74) is 0.486. The molecule has 4 rings (SSSR count). The highest BCUT2D eigenvalue weighted by atomic mass is 19.3. The molecular formula is C20H22F2N2O3. The summed E-state index contributed by atoms with van der Waals surface area (Å²) in [7, 11) is 0. The Morgan fingerprint density at radius 1 is 1.22 bits per heavy atom. The molecule has 2 aliphatic carbocycles. The minimum absolute atomic E-state index is 0.0382. The summed E-state index contributed by atoms with van der Waals surface area (Å²) in [4.78, 5) is 16.7. The highest BCUT2D eigenvalue weighted by Gasteiger charge is 2.48. The van der Waals surface area contributed by atoms with E-state index in [1.165, 1.54) is 18.3 Å². The highest BCUT2D eigenvalue weighted by molar-refractivity contribution is 5.97. The molecule has 0 atom stereocenters. The van der Waals surface area contributed by atoms with Crippen molar-refractivity contribution < 1.29 is 23.4 Å². The second-order valence-corrected chi connectivity index (χ2v) is 7.58. The zero-order valence-corrected chi connectivity index (χ0v) is 14.8. The first kappa shape index (κ1) is 18.1. The largest absolute Gasteiger partial charge is 0.435 e. The van der Waals surface area contributed by atoms with Gasteiger partial charge in [-0.15, -0.1) is 0 Å². The number of amides is 1. The van der Waals surface area contributed by atoms with Crippen molar-refractivity contribution in [2.75, 3.05) is 0 Å². The molecule has 7 heteroatoms. The summed E-state index contributed by atoms with van der Waals surface area (Å²) in [5.74, 6) is 0.208. The van der Waals surface area contributed by atoms with Gasteiger partial charge in [0.2, 0.25) is 0 Å². The zero-order chi connectivity index (χ0) is 19.0. The average Bonchev–Trinajstić information content (AvgIpc) is 3.40. The SMILES string of the molecule is O=C(N[C@H]1CC[C@H](C2(O)CC2)CC1)c1cnc2cc(OC(F)F)ccc2c1. The number of carbonyl (C=O) groups excluding carboxylic acids is 1. The van der Waals surface area contributed by atoms with Crippen LogP contribution < -0.4 is 10.1 Å². The van der Waals surface area contributed by atoms with Gasteiger partial charge in [-0.25, -0.2) is 0 Å². The molecule has 27 heavy (non-hydrogen) atoms. The molecule has 1 amide bonds. The second-order valence-electron chi connectivity index (χ2n) is 7.58. The van der Waals surface area contributed by atoms with Gasteiger partial charge in [-0.1, -0.05) is 0 Å². The lowest BCUT2D eigenvalue weighted by atomic mass is 9.81. The first-order valence-corrected chi connectivity index (χ1v) is 9.31. The Morgan fingerprint density at radius 2 is 1.96 bits per heavy atom. The number of aliphatic hydroxyl groups is 1. The number of fused-ring (bicyclic) bond motifs is 1. The maximum Gasteiger partial charge on any atom is 0.387 e. The van der Waals surface area contributed by atoms with Gasteiger partial charge >= 0.3 is 6.61 Å². The predicted octanol–water partition coefficient (Wildman–Crippen LogP) is 3.65. The number of hydrogen-bond donors (Lipinski definition) is 2. The number of nitrogens with one attached hydrogen (secondary N) is 1. The maximum absolute atomic E-state index is 12.5. The standard InChI is InChI=1S/C20H22F2N2O3/c21-19(22)27-16-6-1-12-9-13(11-23-17(12)10-16)18(25)24-15-4-2-14(3-5-15)20(26)7-8-20/h1,6,9-11,14-15,19,26H,2-5,7-8H2,(H,24,25)/t14-,15-. The fourth-order valence-corrected chi connectivity index (χ4v) is 3.98. The Kier molecular flexibility index (Phi) is 4.72. The quantitative estimate of drug-likeness (QED) is 0.836. The molecule has 0 saturated heterocycles. The van der Waals surface area contributed by atoms with Gasteiger partial charge in [0.1, 0.15) is 5.75 Å². The minimum Gasteiger partial charge on any atom is -0.435 e. The van der Waals surface area contributed by atoms with Gasteiger partial charge < -0.3 is 15.2 Å². The minimum atomic E-state index is -2.89. The molecule has 2 N–H and O–H groups in total. The number of halogens is 2. The summed E-state index contributed by atoms with van der Waals surface area (Å²) in [5, 5.41) is 14.0. The van der Waals surface area contributed by atoms with E-state index in [0.29, 0.717) is 22.4 Å². The zero-order valence-electron chi connectivity index (χ0n) is 14.8. The van der Waals surface area contributed by atoms with Crippen LogP contribution in [-0.4, -0.2) is 34.3 Å². The number of pyridine rings is 1. The van der Waals surface area contributed by atoms with Crippen LogP contribution in [0.25, 0.3) is 10.9 Å². The molecular weight excluding hydrogens is 354 g/mol. The number of hydrogen-bond acceptors (Lipinski definition) is 4. The summed E-state index contributed by atoms with van der Waals surface area (Å²) >= 11 is 0. The van der Waals surface area contributed by atoms with Crippen molar-refractivity contribution in [1.29, 1.82) is 0 Å². The van der Waals surface area contributed by atoms with E-state index < -0.39 is 12.2 Å². The van der Waals surface area contributed by atoms with E-state index in [-0.39, 0.29) is 17.7 Å². The number of ether oxygens (including phenoxy) is 1. The van der Waals surface area contributed by atoms with Crippen LogP contribution in [0.3, 0.4) is 0 Å². The molecule has 0 bridgehead atoms. The normalized spacial score (nSPS) is 24.0. The lowest BCUT2D eigenvalue weighted by Gasteiger charge is -2.32. The number of rotatable bonds is 5. The summed E-state index contributed by atoms with van der Waals surface area (Å²) in [6, 6.07) is 6.27. The number of alkyl halides is 2. The molecule has 1 heterocycles. The number of benzene rings is 1. The van der Waals surface area contributed by atoms with Gasteiger partial charge in [0.25, 0.3) is 5.91 Å². The second kappa shape index (κ2) is 7.03. The Labute approximate surface area is 155 Å². The average molecular weight is 376 g/mol. The fourth-order valence-electron chi connectivity index (χ4n) is 3.98. The van der Waals surface area contributed by atoms with Crippen molar-refractivity contribution in [2.45, 2.75) is 56.8 Å². The van der Waals surface area contributed by atoms with Gasteiger partial charge in [-0.2, -0.15) is 8.78 Å². The molecule has 2 aromatic rings. The monoisotopic (exact) mass is 376 g/mol. The summed E-state index contributed by atoms with van der Waals surface area (Å²) in [6.45, 7) is -2.89. The van der Waals surface area contributed by atoms with Crippen molar-refractivity contribution >= 4 is 16.8 Å². The van der Waals surface area contributed by atoms with Crippen LogP contribution in [0.2, 0.25) is 0 Å². The van der Waals surface area contributed by atoms with Crippen molar-refractivity contribution in [3.8, 4) is 5.75 Å². The Morgan fingerprint density at radius 3 is 2.63 bits per heavy atom. The summed E-state index contributed by atoms with van der Waals surface area (Å²) < 4.78 is 29.0. The Hall–Kier alpha value is -2.28. The van der Waals surface area contributed by atoms with Crippen LogP contribution in [-0.2, 0) is 0 Å². The first-order chi connectivity index (χ1) is 12.9. The maximum atomic E-state index is 12.5. The Bertz CT molecular complexity index is 846. The van der Waals surface area contributed by atoms with Crippen molar-refractivity contribution in [2.24, 2.45) is 5.92 Å². The molecule has 2 saturated carbocycles. The molecule has 0 aliphatic heterocycles. The molecule has 144 valence electrons. The topological polar surface area (TPSA) is 71.5 Å². The summed E-state index contributed by atoms with van der Waals surface area (Å²) in [6.07, 6.45) is 6.86. The van der Waals surface area contributed by atoms with Gasteiger partial charge in [-0.3, -0.25) is 9.78 Å². The number of carbonyl (C=O) groups is 1. The third kappa shape index (κ3) is 4.03. The van der Waals surface area contributed by atoms with E-state index in [1.807, 2.05) is 0 Å². The highest BCUT2D eigenvalue weighted by Crippen LogP contribution is 2.48. The number of aromatic nitrogens is 1. The fraction of sp³-hybridized carbons (Fsp3) is 0.500. The molecule has 2 fully saturated rings. The lowest BCUT2D eigenvalue weighted by Crippen LogP contribution is -2.39. The molecule has 1 aromatic heterocycles. The van der Waals surface area contributed by atoms with Crippen LogP contribution in [0, 0.1) is 5.92 Å². The van der Waals surface area contributed by atoms with E-state index in [1.54, 1.807) is 12.1 Å². The predicted molar refractivity (Wildman–Crippen MR) is 95.8 cm³/mol. The molecule has 0 unspecified atom stereocenters. The smallest absolute Gasteiger partial charge is 0.387 e. The van der Waals surface area contributed by atoms with E-state index in [0.717, 1.165) is 38.5 Å². The van der Waals surface area contributed by atoms with Crippen molar-refractivity contribution in [3.05, 3.63) is 36.0 Å². The van der Waals surface area contributed by atoms with Gasteiger partial charge in [0.15, 0.2) is 0 Å². The molecule has 5 nitrogen and oxygen atoms in total. The molecule has 0 radical (unpaired) electrons. The van der Waals surface area contributed by atoms with Crippen LogP contribution in [0.4, 0.5) is 8.78 Å². The Balaban J connectivity index is 1.39. The van der Waals surface area contributed by atoms with Crippen LogP contribution >= 0.6 is 0 Å². The van der Waals surface area contributed by atoms with E-state index in [2.05, 4.69) is 15.0 Å². The van der Waals surface area contributed by atoms with Gasteiger partial charge in [0.05, 0.1) is 16.7 Å². The first-order valence-electron chi connectivity index (χ1n) is 9.31. The number of nitrogens with zero attached hydrogens (tertiary/aromatic N) is 1.